The molecule has 0 radical (unpaired) electrons. The summed E-state index contributed by atoms with van der Waals surface area (Å²) in [6.45, 7) is 0.624. The Morgan fingerprint density at radius 2 is 2.14 bits per heavy atom. The SMILES string of the molecule is C1=COC(OCc2ccccc2)CC1. The Morgan fingerprint density at radius 1 is 1.29 bits per heavy atom. The summed E-state index contributed by atoms with van der Waals surface area (Å²) in [5.41, 5.74) is 1.19. The molecule has 0 amide bonds. The molecule has 0 bridgehead atoms. The third-order valence-corrected chi connectivity index (χ3v) is 2.17. The average Bonchev–Trinajstić information content (AvgIpc) is 2.29. The maximum absolute atomic E-state index is 5.60. The summed E-state index contributed by atoms with van der Waals surface area (Å²) >= 11 is 0. The Balaban J connectivity index is 1.80. The average molecular weight is 190 g/mol. The van der Waals surface area contributed by atoms with Gasteiger partial charge in [-0.05, 0) is 18.1 Å². The van der Waals surface area contributed by atoms with Crippen LogP contribution in [0.25, 0.3) is 0 Å². The Bertz CT molecular complexity index is 292. The van der Waals surface area contributed by atoms with E-state index in [2.05, 4.69) is 12.1 Å². The lowest BCUT2D eigenvalue weighted by Crippen LogP contribution is -2.16. The van der Waals surface area contributed by atoms with Crippen molar-refractivity contribution in [1.82, 2.24) is 0 Å². The first-order valence-corrected chi connectivity index (χ1v) is 4.91. The molecule has 1 unspecified atom stereocenters. The highest BCUT2D eigenvalue weighted by Crippen LogP contribution is 2.13. The maximum Gasteiger partial charge on any atom is 0.199 e. The van der Waals surface area contributed by atoms with E-state index in [1.54, 1.807) is 6.26 Å². The fourth-order valence-corrected chi connectivity index (χ4v) is 1.40. The Labute approximate surface area is 84.2 Å². The van der Waals surface area contributed by atoms with Gasteiger partial charge in [0.05, 0.1) is 12.9 Å². The molecule has 14 heavy (non-hydrogen) atoms. The van der Waals surface area contributed by atoms with Gasteiger partial charge in [-0.3, -0.25) is 0 Å². The minimum absolute atomic E-state index is 0.0693. The van der Waals surface area contributed by atoms with Gasteiger partial charge < -0.3 is 9.47 Å². The smallest absolute Gasteiger partial charge is 0.199 e. The zero-order valence-corrected chi connectivity index (χ0v) is 8.06. The van der Waals surface area contributed by atoms with Crippen LogP contribution in [0.1, 0.15) is 18.4 Å². The van der Waals surface area contributed by atoms with Gasteiger partial charge >= 0.3 is 0 Å². The standard InChI is InChI=1S/C12H14O2/c1-2-6-11(7-3-1)10-14-12-8-4-5-9-13-12/h1-3,5-7,9,12H,4,8,10H2. The van der Waals surface area contributed by atoms with E-state index in [9.17, 15) is 0 Å². The summed E-state index contributed by atoms with van der Waals surface area (Å²) in [7, 11) is 0. The molecule has 1 aromatic carbocycles. The summed E-state index contributed by atoms with van der Waals surface area (Å²) in [6.07, 6.45) is 5.66. The normalized spacial score (nSPS) is 20.4. The second-order valence-corrected chi connectivity index (χ2v) is 3.31. The Hall–Kier alpha value is -1.28. The van der Waals surface area contributed by atoms with Gasteiger partial charge in [-0.15, -0.1) is 0 Å². The number of benzene rings is 1. The highest BCUT2D eigenvalue weighted by Gasteiger charge is 2.10. The highest BCUT2D eigenvalue weighted by molar-refractivity contribution is 5.13. The van der Waals surface area contributed by atoms with Crippen molar-refractivity contribution in [1.29, 1.82) is 0 Å². The Kier molecular flexibility index (Phi) is 3.19. The van der Waals surface area contributed by atoms with E-state index in [1.807, 2.05) is 24.3 Å². The fourth-order valence-electron chi connectivity index (χ4n) is 1.40. The van der Waals surface area contributed by atoms with Crippen molar-refractivity contribution in [2.75, 3.05) is 0 Å². The van der Waals surface area contributed by atoms with E-state index in [-0.39, 0.29) is 6.29 Å². The summed E-state index contributed by atoms with van der Waals surface area (Å²) < 4.78 is 10.9. The summed E-state index contributed by atoms with van der Waals surface area (Å²) in [5.74, 6) is 0. The predicted octanol–water partition coefficient (Wildman–Crippen LogP) is 2.85. The second kappa shape index (κ2) is 4.82. The largest absolute Gasteiger partial charge is 0.473 e. The van der Waals surface area contributed by atoms with E-state index >= 15 is 0 Å². The first-order chi connectivity index (χ1) is 6.95. The zero-order valence-electron chi connectivity index (χ0n) is 8.06. The molecule has 74 valence electrons. The monoisotopic (exact) mass is 190 g/mol. The van der Waals surface area contributed by atoms with E-state index < -0.39 is 0 Å². The van der Waals surface area contributed by atoms with Crippen LogP contribution < -0.4 is 0 Å². The van der Waals surface area contributed by atoms with Crippen LogP contribution in [0.3, 0.4) is 0 Å². The molecular weight excluding hydrogens is 176 g/mol. The highest BCUT2D eigenvalue weighted by atomic mass is 16.7. The third kappa shape index (κ3) is 2.60. The molecule has 0 aromatic heterocycles. The minimum atomic E-state index is -0.0693. The number of allylic oxidation sites excluding steroid dienone is 1. The minimum Gasteiger partial charge on any atom is -0.473 e. The molecule has 2 nitrogen and oxygen atoms in total. The molecule has 1 aromatic rings. The van der Waals surface area contributed by atoms with E-state index in [0.29, 0.717) is 6.61 Å². The van der Waals surface area contributed by atoms with Crippen LogP contribution in [-0.4, -0.2) is 6.29 Å². The van der Waals surface area contributed by atoms with Crippen LogP contribution in [0.15, 0.2) is 42.7 Å². The predicted molar refractivity (Wildman–Crippen MR) is 54.5 cm³/mol. The van der Waals surface area contributed by atoms with Gasteiger partial charge in [0, 0.05) is 6.42 Å². The van der Waals surface area contributed by atoms with E-state index in [1.165, 1.54) is 5.56 Å². The van der Waals surface area contributed by atoms with Crippen LogP contribution in [-0.2, 0) is 16.1 Å². The van der Waals surface area contributed by atoms with Gasteiger partial charge in [-0.25, -0.2) is 0 Å². The second-order valence-electron chi connectivity index (χ2n) is 3.31. The van der Waals surface area contributed by atoms with Gasteiger partial charge in [0.25, 0.3) is 0 Å². The lowest BCUT2D eigenvalue weighted by Gasteiger charge is -2.19. The van der Waals surface area contributed by atoms with Crippen LogP contribution >= 0.6 is 0 Å². The van der Waals surface area contributed by atoms with Crippen LogP contribution in [0.4, 0.5) is 0 Å². The number of ether oxygens (including phenoxy) is 2. The van der Waals surface area contributed by atoms with Crippen molar-refractivity contribution >= 4 is 0 Å². The molecule has 1 atom stereocenters. The van der Waals surface area contributed by atoms with Crippen molar-refractivity contribution in [3.8, 4) is 0 Å². The van der Waals surface area contributed by atoms with Gasteiger partial charge in [0.2, 0.25) is 0 Å². The van der Waals surface area contributed by atoms with Gasteiger partial charge in [0.15, 0.2) is 6.29 Å². The molecule has 2 rings (SSSR count). The lowest BCUT2D eigenvalue weighted by atomic mass is 10.2. The number of rotatable bonds is 3. The lowest BCUT2D eigenvalue weighted by molar-refractivity contribution is -0.123. The van der Waals surface area contributed by atoms with Crippen molar-refractivity contribution in [2.24, 2.45) is 0 Å². The van der Waals surface area contributed by atoms with Crippen LogP contribution in [0, 0.1) is 0 Å². The molecule has 0 spiro atoms. The molecule has 1 heterocycles. The van der Waals surface area contributed by atoms with E-state index in [4.69, 9.17) is 9.47 Å². The molecule has 0 saturated heterocycles. The first kappa shape index (κ1) is 9.28. The van der Waals surface area contributed by atoms with Gasteiger partial charge in [-0.1, -0.05) is 30.3 Å². The topological polar surface area (TPSA) is 18.5 Å². The molecule has 1 aliphatic heterocycles. The van der Waals surface area contributed by atoms with Gasteiger partial charge in [-0.2, -0.15) is 0 Å². The summed E-state index contributed by atoms with van der Waals surface area (Å²) in [5, 5.41) is 0. The number of hydrogen-bond donors (Lipinski definition) is 0. The van der Waals surface area contributed by atoms with Crippen molar-refractivity contribution in [2.45, 2.75) is 25.7 Å². The zero-order chi connectivity index (χ0) is 9.64. The van der Waals surface area contributed by atoms with Crippen molar-refractivity contribution in [3.05, 3.63) is 48.2 Å². The third-order valence-electron chi connectivity index (χ3n) is 2.17. The Morgan fingerprint density at radius 3 is 2.86 bits per heavy atom. The van der Waals surface area contributed by atoms with Crippen molar-refractivity contribution in [3.63, 3.8) is 0 Å². The molecular formula is C12H14O2. The molecule has 0 aliphatic carbocycles. The molecule has 0 saturated carbocycles. The van der Waals surface area contributed by atoms with Crippen LogP contribution in [0.2, 0.25) is 0 Å². The molecule has 1 aliphatic rings. The maximum atomic E-state index is 5.60. The first-order valence-electron chi connectivity index (χ1n) is 4.91. The summed E-state index contributed by atoms with van der Waals surface area (Å²) in [6, 6.07) is 10.1. The molecule has 0 N–H and O–H groups in total. The van der Waals surface area contributed by atoms with Gasteiger partial charge in [0.1, 0.15) is 0 Å². The molecule has 0 fully saturated rings. The van der Waals surface area contributed by atoms with E-state index in [0.717, 1.165) is 12.8 Å². The fraction of sp³-hybridized carbons (Fsp3) is 0.333. The molecule has 2 heteroatoms. The quantitative estimate of drug-likeness (QED) is 0.729. The van der Waals surface area contributed by atoms with Crippen LogP contribution in [0.5, 0.6) is 0 Å². The number of hydrogen-bond acceptors (Lipinski definition) is 2. The van der Waals surface area contributed by atoms with Crippen molar-refractivity contribution < 1.29 is 9.47 Å². The summed E-state index contributed by atoms with van der Waals surface area (Å²) in [4.78, 5) is 0.